The molecule has 1 N–H and O–H groups in total. The molecule has 0 saturated carbocycles. The van der Waals surface area contributed by atoms with Crippen LogP contribution in [0.3, 0.4) is 0 Å². The van der Waals surface area contributed by atoms with Crippen molar-refractivity contribution in [2.24, 2.45) is 5.92 Å². The number of benzene rings is 2. The van der Waals surface area contributed by atoms with E-state index in [1.165, 1.54) is 12.1 Å². The number of thioether (sulfide) groups is 1. The molecule has 0 aliphatic carbocycles. The lowest BCUT2D eigenvalue weighted by atomic mass is 9.94. The van der Waals surface area contributed by atoms with Crippen LogP contribution in [-0.2, 0) is 0 Å². The highest BCUT2D eigenvalue weighted by atomic mass is 32.2. The molecule has 1 aliphatic heterocycles. The molecule has 6 nitrogen and oxygen atoms in total. The number of hydrogen-bond donors (Lipinski definition) is 1. The molecule has 0 spiro atoms. The first-order valence-corrected chi connectivity index (χ1v) is 11.6. The van der Waals surface area contributed by atoms with E-state index in [0.717, 1.165) is 21.7 Å². The van der Waals surface area contributed by atoms with Gasteiger partial charge in [-0.3, -0.25) is 4.90 Å². The van der Waals surface area contributed by atoms with Gasteiger partial charge < -0.3 is 9.84 Å². The van der Waals surface area contributed by atoms with Crippen LogP contribution in [0.4, 0.5) is 9.18 Å². The molecule has 2 amide bonds. The Hall–Kier alpha value is -3.13. The van der Waals surface area contributed by atoms with Crippen molar-refractivity contribution >= 4 is 23.4 Å². The Morgan fingerprint density at radius 1 is 1.16 bits per heavy atom. The molecular weight excluding hydrogens is 427 g/mol. The molecule has 32 heavy (non-hydrogen) atoms. The fraction of sp³-hybridized carbons (Fsp3) is 0.292. The molecule has 1 unspecified atom stereocenters. The maximum absolute atomic E-state index is 13.5. The highest BCUT2D eigenvalue weighted by molar-refractivity contribution is 7.98. The normalized spacial score (nSPS) is 16.6. The average Bonchev–Trinajstić information content (AvgIpc) is 3.26. The number of hydrogen-bond acceptors (Lipinski definition) is 5. The third kappa shape index (κ3) is 4.41. The molecule has 2 heterocycles. The number of rotatable bonds is 6. The molecule has 1 aliphatic rings. The van der Waals surface area contributed by atoms with Crippen molar-refractivity contribution in [3.05, 3.63) is 71.5 Å². The lowest BCUT2D eigenvalue weighted by Gasteiger charge is -2.36. The molecule has 1 aromatic heterocycles. The minimum absolute atomic E-state index is 0.207. The molecule has 2 aromatic carbocycles. The monoisotopic (exact) mass is 452 g/mol. The van der Waals surface area contributed by atoms with Crippen LogP contribution in [0.2, 0.25) is 0 Å². The smallest absolute Gasteiger partial charge is 0.322 e. The summed E-state index contributed by atoms with van der Waals surface area (Å²) in [6, 6.07) is 13.2. The summed E-state index contributed by atoms with van der Waals surface area (Å²) < 4.78 is 19.2. The van der Waals surface area contributed by atoms with Crippen LogP contribution in [0.15, 0.2) is 63.6 Å². The second-order valence-electron chi connectivity index (χ2n) is 8.09. The van der Waals surface area contributed by atoms with E-state index in [-0.39, 0.29) is 17.8 Å². The van der Waals surface area contributed by atoms with E-state index in [0.29, 0.717) is 23.8 Å². The Labute approximate surface area is 190 Å². The van der Waals surface area contributed by atoms with Gasteiger partial charge in [-0.2, -0.15) is 4.98 Å². The SMILES string of the molecule is CSc1ccc(-c2noc(C3=C(C)N(CC(C)C)C(=O)NC3c3ccc(F)cc3)n2)cc1. The Morgan fingerprint density at radius 2 is 1.84 bits per heavy atom. The van der Waals surface area contributed by atoms with E-state index in [9.17, 15) is 9.18 Å². The Balaban J connectivity index is 1.78. The minimum Gasteiger partial charge on any atom is -0.334 e. The first-order valence-electron chi connectivity index (χ1n) is 10.4. The fourth-order valence-corrected chi connectivity index (χ4v) is 4.15. The summed E-state index contributed by atoms with van der Waals surface area (Å²) in [5.74, 6) is 0.730. The van der Waals surface area contributed by atoms with Gasteiger partial charge in [0.25, 0.3) is 5.89 Å². The lowest BCUT2D eigenvalue weighted by Crippen LogP contribution is -2.47. The standard InChI is InChI=1S/C24H25FN4O2S/c1-14(2)13-29-15(3)20(21(26-24(29)30)16-5-9-18(25)10-6-16)23-27-22(28-31-23)17-7-11-19(32-4)12-8-17/h5-12,14,21H,13H2,1-4H3,(H,26,30). The summed E-state index contributed by atoms with van der Waals surface area (Å²) in [4.78, 5) is 20.4. The van der Waals surface area contributed by atoms with E-state index in [1.807, 2.05) is 37.4 Å². The van der Waals surface area contributed by atoms with E-state index >= 15 is 0 Å². The first kappa shape index (κ1) is 22.1. The van der Waals surface area contributed by atoms with Crippen molar-refractivity contribution in [2.45, 2.75) is 31.7 Å². The third-order valence-corrected chi connectivity index (χ3v) is 6.10. The molecule has 3 aromatic rings. The number of carbonyl (C=O) groups excluding carboxylic acids is 1. The van der Waals surface area contributed by atoms with Gasteiger partial charge in [0.2, 0.25) is 5.82 Å². The van der Waals surface area contributed by atoms with Gasteiger partial charge >= 0.3 is 6.03 Å². The number of nitrogens with one attached hydrogen (secondary N) is 1. The van der Waals surface area contributed by atoms with E-state index in [1.54, 1.807) is 28.8 Å². The van der Waals surface area contributed by atoms with Crippen LogP contribution < -0.4 is 5.32 Å². The predicted octanol–water partition coefficient (Wildman–Crippen LogP) is 5.75. The van der Waals surface area contributed by atoms with Gasteiger partial charge in [-0.1, -0.05) is 31.1 Å². The Bertz CT molecular complexity index is 1140. The van der Waals surface area contributed by atoms with Gasteiger partial charge in [-0.25, -0.2) is 9.18 Å². The molecule has 0 bridgehead atoms. The van der Waals surface area contributed by atoms with Crippen LogP contribution in [-0.4, -0.2) is 33.9 Å². The molecular formula is C24H25FN4O2S. The van der Waals surface area contributed by atoms with Gasteiger partial charge in [-0.05, 0) is 61.1 Å². The number of carbonyl (C=O) groups is 1. The lowest BCUT2D eigenvalue weighted by molar-refractivity contribution is 0.199. The number of amides is 2. The van der Waals surface area contributed by atoms with Crippen molar-refractivity contribution in [2.75, 3.05) is 12.8 Å². The quantitative estimate of drug-likeness (QED) is 0.482. The van der Waals surface area contributed by atoms with E-state index in [2.05, 4.69) is 29.3 Å². The van der Waals surface area contributed by atoms with Gasteiger partial charge in [0.15, 0.2) is 0 Å². The van der Waals surface area contributed by atoms with Gasteiger partial charge in [0, 0.05) is 22.7 Å². The van der Waals surface area contributed by atoms with Crippen molar-refractivity contribution in [3.63, 3.8) is 0 Å². The maximum atomic E-state index is 13.5. The van der Waals surface area contributed by atoms with Gasteiger partial charge in [0.05, 0.1) is 11.6 Å². The number of halogens is 1. The van der Waals surface area contributed by atoms with E-state index < -0.39 is 6.04 Å². The molecule has 8 heteroatoms. The minimum atomic E-state index is -0.529. The second-order valence-corrected chi connectivity index (χ2v) is 8.97. The zero-order chi connectivity index (χ0) is 22.8. The Morgan fingerprint density at radius 3 is 2.47 bits per heavy atom. The van der Waals surface area contributed by atoms with Crippen molar-refractivity contribution < 1.29 is 13.7 Å². The van der Waals surface area contributed by atoms with Crippen LogP contribution >= 0.6 is 11.8 Å². The summed E-state index contributed by atoms with van der Waals surface area (Å²) >= 11 is 1.66. The highest BCUT2D eigenvalue weighted by Gasteiger charge is 2.35. The number of allylic oxidation sites excluding steroid dienone is 1. The summed E-state index contributed by atoms with van der Waals surface area (Å²) in [6.45, 7) is 6.53. The zero-order valence-corrected chi connectivity index (χ0v) is 19.2. The third-order valence-electron chi connectivity index (χ3n) is 5.35. The largest absolute Gasteiger partial charge is 0.334 e. The van der Waals surface area contributed by atoms with Gasteiger partial charge in [0.1, 0.15) is 5.82 Å². The molecule has 0 fully saturated rings. The van der Waals surface area contributed by atoms with Crippen molar-refractivity contribution in [1.29, 1.82) is 0 Å². The van der Waals surface area contributed by atoms with Crippen LogP contribution in [0.5, 0.6) is 0 Å². The molecule has 1 atom stereocenters. The van der Waals surface area contributed by atoms with Crippen LogP contribution in [0.25, 0.3) is 17.0 Å². The zero-order valence-electron chi connectivity index (χ0n) is 18.4. The summed E-state index contributed by atoms with van der Waals surface area (Å²) in [6.07, 6.45) is 2.02. The van der Waals surface area contributed by atoms with Crippen LogP contribution in [0.1, 0.15) is 38.3 Å². The predicted molar refractivity (Wildman–Crippen MR) is 123 cm³/mol. The van der Waals surface area contributed by atoms with Gasteiger partial charge in [-0.15, -0.1) is 11.8 Å². The average molecular weight is 453 g/mol. The topological polar surface area (TPSA) is 71.3 Å². The number of urea groups is 1. The van der Waals surface area contributed by atoms with Crippen molar-refractivity contribution in [1.82, 2.24) is 20.4 Å². The molecule has 0 saturated heterocycles. The molecule has 0 radical (unpaired) electrons. The molecule has 166 valence electrons. The highest BCUT2D eigenvalue weighted by Crippen LogP contribution is 2.37. The summed E-state index contributed by atoms with van der Waals surface area (Å²) in [5, 5.41) is 7.21. The first-order chi connectivity index (χ1) is 15.4. The summed E-state index contributed by atoms with van der Waals surface area (Å²) in [5.41, 5.74) is 3.02. The number of nitrogens with zero attached hydrogens (tertiary/aromatic N) is 3. The Kier molecular flexibility index (Phi) is 6.32. The maximum Gasteiger partial charge on any atom is 0.322 e. The van der Waals surface area contributed by atoms with Crippen molar-refractivity contribution in [3.8, 4) is 11.4 Å². The molecule has 4 rings (SSSR count). The summed E-state index contributed by atoms with van der Waals surface area (Å²) in [7, 11) is 0. The van der Waals surface area contributed by atoms with Crippen LogP contribution in [0, 0.1) is 11.7 Å². The fourth-order valence-electron chi connectivity index (χ4n) is 3.74. The second kappa shape index (κ2) is 9.16. The van der Waals surface area contributed by atoms with E-state index in [4.69, 9.17) is 4.52 Å². The number of aromatic nitrogens is 2.